The quantitative estimate of drug-likeness (QED) is 0.714. The first kappa shape index (κ1) is 19.4. The molecule has 0 bridgehead atoms. The van der Waals surface area contributed by atoms with Gasteiger partial charge in [-0.25, -0.2) is 8.42 Å². The Morgan fingerprint density at radius 1 is 1.03 bits per heavy atom. The summed E-state index contributed by atoms with van der Waals surface area (Å²) in [5.41, 5.74) is 2.10. The van der Waals surface area contributed by atoms with Crippen LogP contribution in [0.1, 0.15) is 19.3 Å². The van der Waals surface area contributed by atoms with Crippen LogP contribution in [-0.4, -0.2) is 31.1 Å². The molecular formula is C22H22N2O4S. The van der Waals surface area contributed by atoms with Crippen molar-refractivity contribution >= 4 is 32.1 Å². The molecule has 0 spiro atoms. The Balaban J connectivity index is 1.96. The minimum Gasteiger partial charge on any atom is -0.381 e. The third-order valence-electron chi connectivity index (χ3n) is 5.41. The summed E-state index contributed by atoms with van der Waals surface area (Å²) in [5, 5.41) is 4.74. The third-order valence-corrected chi connectivity index (χ3v) is 6.52. The smallest absolute Gasteiger partial charge is 0.258 e. The van der Waals surface area contributed by atoms with Crippen LogP contribution >= 0.6 is 0 Å². The molecule has 1 unspecified atom stereocenters. The van der Waals surface area contributed by atoms with E-state index < -0.39 is 9.84 Å². The number of carbonyl (C=O) groups is 1. The highest BCUT2D eigenvalue weighted by Crippen LogP contribution is 2.35. The fourth-order valence-electron chi connectivity index (χ4n) is 3.89. The second-order valence-corrected chi connectivity index (χ2v) is 9.62. The van der Waals surface area contributed by atoms with Crippen molar-refractivity contribution in [3.8, 4) is 11.1 Å². The number of carbonyl (C=O) groups excluding carboxylic acids is 1. The molecule has 2 aromatic carbocycles. The van der Waals surface area contributed by atoms with E-state index >= 15 is 0 Å². The van der Waals surface area contributed by atoms with E-state index in [1.54, 1.807) is 37.5 Å². The molecule has 0 aliphatic heterocycles. The van der Waals surface area contributed by atoms with Crippen molar-refractivity contribution in [3.05, 3.63) is 59.0 Å². The van der Waals surface area contributed by atoms with E-state index in [9.17, 15) is 18.0 Å². The third kappa shape index (κ3) is 3.70. The molecule has 4 rings (SSSR count). The highest BCUT2D eigenvalue weighted by molar-refractivity contribution is 7.90. The number of ketones is 1. The maximum absolute atomic E-state index is 12.6. The summed E-state index contributed by atoms with van der Waals surface area (Å²) in [6.07, 6.45) is 4.67. The lowest BCUT2D eigenvalue weighted by molar-refractivity contribution is -0.117. The van der Waals surface area contributed by atoms with Crippen LogP contribution < -0.4 is 10.9 Å². The van der Waals surface area contributed by atoms with Gasteiger partial charge in [-0.05, 0) is 36.1 Å². The molecule has 0 amide bonds. The topological polar surface area (TPSA) is 85.2 Å². The molecule has 1 aliphatic rings. The number of anilines is 1. The van der Waals surface area contributed by atoms with Gasteiger partial charge >= 0.3 is 0 Å². The first-order chi connectivity index (χ1) is 13.7. The van der Waals surface area contributed by atoms with Crippen LogP contribution in [0, 0.1) is 0 Å². The minimum atomic E-state index is -3.41. The van der Waals surface area contributed by atoms with Crippen LogP contribution in [0.2, 0.25) is 0 Å². The Morgan fingerprint density at radius 3 is 2.41 bits per heavy atom. The molecule has 1 heterocycles. The Hall–Kier alpha value is -2.93. The Morgan fingerprint density at radius 2 is 1.76 bits per heavy atom. The van der Waals surface area contributed by atoms with Gasteiger partial charge in [-0.1, -0.05) is 18.2 Å². The first-order valence-electron chi connectivity index (χ1n) is 9.45. The van der Waals surface area contributed by atoms with Crippen molar-refractivity contribution in [2.45, 2.75) is 30.2 Å². The Labute approximate surface area is 169 Å². The Bertz CT molecular complexity index is 1290. The van der Waals surface area contributed by atoms with Gasteiger partial charge in [0, 0.05) is 60.6 Å². The number of hydrogen-bond donors (Lipinski definition) is 1. The fourth-order valence-corrected chi connectivity index (χ4v) is 4.54. The SMILES string of the molecule is Cn1cc(-c2cc(S(C)(=O)=O)ccc2NC2CCC(=O)C2)c2ccccc2c1=O. The van der Waals surface area contributed by atoms with Gasteiger partial charge in [0.15, 0.2) is 9.84 Å². The van der Waals surface area contributed by atoms with Gasteiger partial charge in [0.05, 0.1) is 4.90 Å². The van der Waals surface area contributed by atoms with Gasteiger partial charge in [-0.15, -0.1) is 0 Å². The number of pyridine rings is 1. The van der Waals surface area contributed by atoms with Crippen LogP contribution in [0.3, 0.4) is 0 Å². The lowest BCUT2D eigenvalue weighted by Crippen LogP contribution is -2.18. The van der Waals surface area contributed by atoms with Crippen molar-refractivity contribution in [1.29, 1.82) is 0 Å². The second-order valence-electron chi connectivity index (χ2n) is 7.61. The highest BCUT2D eigenvalue weighted by atomic mass is 32.2. The van der Waals surface area contributed by atoms with E-state index in [2.05, 4.69) is 5.32 Å². The number of aryl methyl sites for hydroxylation is 1. The van der Waals surface area contributed by atoms with Crippen LogP contribution in [0.4, 0.5) is 5.69 Å². The molecule has 1 aromatic heterocycles. The average Bonchev–Trinajstić information content (AvgIpc) is 3.09. The molecule has 1 atom stereocenters. The molecule has 29 heavy (non-hydrogen) atoms. The molecule has 7 heteroatoms. The number of Topliss-reactive ketones (excluding diaryl/α,β-unsaturated/α-hetero) is 1. The van der Waals surface area contributed by atoms with Crippen molar-refractivity contribution < 1.29 is 13.2 Å². The number of nitrogens with one attached hydrogen (secondary N) is 1. The van der Waals surface area contributed by atoms with Gasteiger partial charge < -0.3 is 9.88 Å². The summed E-state index contributed by atoms with van der Waals surface area (Å²) in [5.74, 6) is 0.226. The largest absolute Gasteiger partial charge is 0.381 e. The predicted octanol–water partition coefficient (Wildman–Crippen LogP) is 3.14. The number of aromatic nitrogens is 1. The van der Waals surface area contributed by atoms with Crippen LogP contribution in [0.5, 0.6) is 0 Å². The normalized spacial score (nSPS) is 17.0. The molecule has 1 aliphatic carbocycles. The molecule has 6 nitrogen and oxygen atoms in total. The molecule has 3 aromatic rings. The monoisotopic (exact) mass is 410 g/mol. The molecule has 1 N–H and O–H groups in total. The van der Waals surface area contributed by atoms with E-state index in [-0.39, 0.29) is 22.3 Å². The summed E-state index contributed by atoms with van der Waals surface area (Å²) in [7, 11) is -1.73. The molecule has 0 saturated heterocycles. The van der Waals surface area contributed by atoms with Crippen LogP contribution in [0.25, 0.3) is 21.9 Å². The van der Waals surface area contributed by atoms with E-state index in [0.29, 0.717) is 23.8 Å². The van der Waals surface area contributed by atoms with Crippen molar-refractivity contribution in [2.24, 2.45) is 7.05 Å². The fraction of sp³-hybridized carbons (Fsp3) is 0.273. The van der Waals surface area contributed by atoms with Crippen LogP contribution in [-0.2, 0) is 21.7 Å². The summed E-state index contributed by atoms with van der Waals surface area (Å²) in [6.45, 7) is 0. The van der Waals surface area contributed by atoms with Crippen LogP contribution in [0.15, 0.2) is 58.4 Å². The van der Waals surface area contributed by atoms with Crippen molar-refractivity contribution in [3.63, 3.8) is 0 Å². The lowest BCUT2D eigenvalue weighted by Gasteiger charge is -2.19. The number of nitrogens with zero attached hydrogens (tertiary/aromatic N) is 1. The standard InChI is InChI=1S/C22H22N2O4S/c1-24-13-20(17-5-3-4-6-18(17)22(24)26)19-12-16(29(2,27)28)9-10-21(19)23-14-7-8-15(25)11-14/h3-6,9-10,12-14,23H,7-8,11H2,1-2H3. The zero-order valence-corrected chi connectivity index (χ0v) is 17.1. The number of rotatable bonds is 4. The molecule has 0 radical (unpaired) electrons. The average molecular weight is 410 g/mol. The van der Waals surface area contributed by atoms with E-state index in [0.717, 1.165) is 23.1 Å². The summed E-state index contributed by atoms with van der Waals surface area (Å²) in [4.78, 5) is 24.4. The van der Waals surface area contributed by atoms with Gasteiger partial charge in [0.25, 0.3) is 5.56 Å². The van der Waals surface area contributed by atoms with Crippen molar-refractivity contribution in [2.75, 3.05) is 11.6 Å². The number of sulfone groups is 1. The number of benzene rings is 2. The summed E-state index contributed by atoms with van der Waals surface area (Å²) >= 11 is 0. The maximum Gasteiger partial charge on any atom is 0.258 e. The van der Waals surface area contributed by atoms with E-state index in [1.165, 1.54) is 10.8 Å². The zero-order valence-electron chi connectivity index (χ0n) is 16.3. The highest BCUT2D eigenvalue weighted by Gasteiger charge is 2.24. The zero-order chi connectivity index (χ0) is 20.8. The molecule has 150 valence electrons. The predicted molar refractivity (Wildman–Crippen MR) is 114 cm³/mol. The van der Waals surface area contributed by atoms with E-state index in [1.807, 2.05) is 18.2 Å². The minimum absolute atomic E-state index is 0.0177. The summed E-state index contributed by atoms with van der Waals surface area (Å²) in [6, 6.07) is 12.3. The van der Waals surface area contributed by atoms with E-state index in [4.69, 9.17) is 0 Å². The second kappa shape index (κ2) is 7.15. The molecular weight excluding hydrogens is 388 g/mol. The molecule has 1 fully saturated rings. The maximum atomic E-state index is 12.6. The van der Waals surface area contributed by atoms with Gasteiger partial charge in [-0.2, -0.15) is 0 Å². The van der Waals surface area contributed by atoms with Gasteiger partial charge in [0.1, 0.15) is 5.78 Å². The van der Waals surface area contributed by atoms with Gasteiger partial charge in [0.2, 0.25) is 0 Å². The van der Waals surface area contributed by atoms with Crippen molar-refractivity contribution in [1.82, 2.24) is 4.57 Å². The first-order valence-corrected chi connectivity index (χ1v) is 11.3. The number of hydrogen-bond acceptors (Lipinski definition) is 5. The number of fused-ring (bicyclic) bond motifs is 1. The Kier molecular flexibility index (Phi) is 4.78. The summed E-state index contributed by atoms with van der Waals surface area (Å²) < 4.78 is 25.9. The van der Waals surface area contributed by atoms with Gasteiger partial charge in [-0.3, -0.25) is 9.59 Å². The lowest BCUT2D eigenvalue weighted by atomic mass is 9.98. The molecule has 1 saturated carbocycles.